The minimum absolute atomic E-state index is 0.305. The van der Waals surface area contributed by atoms with Crippen LogP contribution in [0.15, 0.2) is 67.3 Å². The second-order valence-electron chi connectivity index (χ2n) is 6.10. The predicted octanol–water partition coefficient (Wildman–Crippen LogP) is 3.60. The van der Waals surface area contributed by atoms with Crippen molar-refractivity contribution >= 4 is 11.2 Å². The van der Waals surface area contributed by atoms with Gasteiger partial charge in [-0.2, -0.15) is 0 Å². The van der Waals surface area contributed by atoms with Gasteiger partial charge in [0, 0.05) is 11.1 Å². The summed E-state index contributed by atoms with van der Waals surface area (Å²) in [4.78, 5) is 13.2. The van der Waals surface area contributed by atoms with Gasteiger partial charge in [0.15, 0.2) is 11.9 Å². The Labute approximate surface area is 150 Å². The zero-order chi connectivity index (χ0) is 17.3. The highest BCUT2D eigenvalue weighted by Crippen LogP contribution is 2.31. The van der Waals surface area contributed by atoms with Crippen LogP contribution in [-0.2, 0) is 11.3 Å². The molecule has 0 saturated carbocycles. The molecule has 0 radical (unpaired) electrons. The summed E-state index contributed by atoms with van der Waals surface area (Å²) in [6, 6.07) is 18.0. The Kier molecular flexibility index (Phi) is 3.61. The van der Waals surface area contributed by atoms with Gasteiger partial charge in [-0.1, -0.05) is 48.5 Å². The van der Waals surface area contributed by atoms with Gasteiger partial charge < -0.3 is 9.47 Å². The molecular formula is C20H16N4O2. The van der Waals surface area contributed by atoms with E-state index in [1.54, 1.807) is 12.7 Å². The maximum atomic E-state index is 6.12. The number of aromatic nitrogens is 4. The summed E-state index contributed by atoms with van der Waals surface area (Å²) in [5.74, 6) is 0.860. The smallest absolute Gasteiger partial charge is 0.181 e. The van der Waals surface area contributed by atoms with Crippen LogP contribution in [-0.4, -0.2) is 26.1 Å². The fraction of sp³-hybridized carbons (Fsp3) is 0.150. The van der Waals surface area contributed by atoms with Crippen molar-refractivity contribution in [3.63, 3.8) is 0 Å². The number of fused-ring (bicyclic) bond motifs is 2. The zero-order valence-corrected chi connectivity index (χ0v) is 13.9. The summed E-state index contributed by atoms with van der Waals surface area (Å²) in [6.45, 7) is 0.875. The molecule has 0 fully saturated rings. The van der Waals surface area contributed by atoms with Gasteiger partial charge in [0.1, 0.15) is 24.2 Å². The van der Waals surface area contributed by atoms with Crippen LogP contribution in [0.5, 0.6) is 5.75 Å². The minimum Gasteiger partial charge on any atom is -0.488 e. The van der Waals surface area contributed by atoms with Gasteiger partial charge in [-0.05, 0) is 6.07 Å². The molecule has 0 bridgehead atoms. The van der Waals surface area contributed by atoms with Gasteiger partial charge in [-0.25, -0.2) is 15.0 Å². The van der Waals surface area contributed by atoms with Crippen LogP contribution >= 0.6 is 0 Å². The normalized spacial score (nSPS) is 16.7. The van der Waals surface area contributed by atoms with Crippen molar-refractivity contribution in [2.75, 3.05) is 6.61 Å². The molecule has 2 aromatic carbocycles. The van der Waals surface area contributed by atoms with E-state index in [0.29, 0.717) is 18.9 Å². The van der Waals surface area contributed by atoms with E-state index in [0.717, 1.165) is 28.1 Å². The first-order valence-electron chi connectivity index (χ1n) is 8.45. The van der Waals surface area contributed by atoms with E-state index in [4.69, 9.17) is 9.47 Å². The van der Waals surface area contributed by atoms with Crippen molar-refractivity contribution in [3.8, 4) is 17.0 Å². The van der Waals surface area contributed by atoms with Crippen molar-refractivity contribution in [2.45, 2.75) is 12.8 Å². The van der Waals surface area contributed by atoms with Gasteiger partial charge in [0.2, 0.25) is 0 Å². The summed E-state index contributed by atoms with van der Waals surface area (Å²) in [7, 11) is 0. The molecular weight excluding hydrogens is 328 g/mol. The van der Waals surface area contributed by atoms with Gasteiger partial charge >= 0.3 is 0 Å². The molecule has 0 N–H and O–H groups in total. The van der Waals surface area contributed by atoms with Crippen LogP contribution in [0.3, 0.4) is 0 Å². The number of benzene rings is 2. The van der Waals surface area contributed by atoms with Gasteiger partial charge in [0.05, 0.1) is 18.6 Å². The maximum Gasteiger partial charge on any atom is 0.181 e. The molecule has 6 nitrogen and oxygen atoms in total. The molecule has 6 heteroatoms. The Morgan fingerprint density at radius 1 is 0.923 bits per heavy atom. The third-order valence-corrected chi connectivity index (χ3v) is 4.51. The molecule has 0 amide bonds. The molecule has 1 aliphatic heterocycles. The number of ether oxygens (including phenoxy) is 2. The summed E-state index contributed by atoms with van der Waals surface area (Å²) in [5.41, 5.74) is 4.37. The monoisotopic (exact) mass is 344 g/mol. The van der Waals surface area contributed by atoms with Crippen LogP contribution < -0.4 is 4.74 Å². The average molecular weight is 344 g/mol. The highest BCUT2D eigenvalue weighted by molar-refractivity contribution is 5.87. The number of hydrogen-bond acceptors (Lipinski definition) is 5. The van der Waals surface area contributed by atoms with E-state index in [9.17, 15) is 0 Å². The van der Waals surface area contributed by atoms with Crippen molar-refractivity contribution in [1.29, 1.82) is 0 Å². The van der Waals surface area contributed by atoms with Crippen LogP contribution in [0.1, 0.15) is 11.8 Å². The second kappa shape index (κ2) is 6.24. The van der Waals surface area contributed by atoms with Crippen LogP contribution in [0.2, 0.25) is 0 Å². The Bertz CT molecular complexity index is 1030. The molecule has 1 unspecified atom stereocenters. The van der Waals surface area contributed by atoms with Gasteiger partial charge in [-0.15, -0.1) is 0 Å². The van der Waals surface area contributed by atoms with Crippen molar-refractivity contribution in [2.24, 2.45) is 0 Å². The Morgan fingerprint density at radius 3 is 2.69 bits per heavy atom. The SMILES string of the molecule is c1ccc(-c2ncnc3ncn(C4COc5ccccc5CO4)c23)cc1. The van der Waals surface area contributed by atoms with E-state index in [1.165, 1.54) is 0 Å². The number of imidazole rings is 1. The van der Waals surface area contributed by atoms with Crippen LogP contribution in [0.4, 0.5) is 0 Å². The Morgan fingerprint density at radius 2 is 1.77 bits per heavy atom. The van der Waals surface area contributed by atoms with Crippen molar-refractivity contribution in [3.05, 3.63) is 72.8 Å². The predicted molar refractivity (Wildman–Crippen MR) is 96.5 cm³/mol. The minimum atomic E-state index is -0.305. The van der Waals surface area contributed by atoms with Gasteiger partial charge in [0.25, 0.3) is 0 Å². The zero-order valence-electron chi connectivity index (χ0n) is 13.9. The number of nitrogens with zero attached hydrogens (tertiary/aromatic N) is 4. The van der Waals surface area contributed by atoms with E-state index in [1.807, 2.05) is 59.2 Å². The molecule has 0 aliphatic carbocycles. The lowest BCUT2D eigenvalue weighted by Gasteiger charge is -2.18. The largest absolute Gasteiger partial charge is 0.488 e. The van der Waals surface area contributed by atoms with Crippen LogP contribution in [0, 0.1) is 0 Å². The average Bonchev–Trinajstić information content (AvgIpc) is 3.02. The lowest BCUT2D eigenvalue weighted by Crippen LogP contribution is -2.18. The molecule has 0 saturated heterocycles. The molecule has 128 valence electrons. The number of rotatable bonds is 2. The van der Waals surface area contributed by atoms with Crippen LogP contribution in [0.25, 0.3) is 22.4 Å². The Hall–Kier alpha value is -3.25. The highest BCUT2D eigenvalue weighted by Gasteiger charge is 2.23. The molecule has 1 atom stereocenters. The Balaban J connectivity index is 1.58. The quantitative estimate of drug-likeness (QED) is 0.556. The van der Waals surface area contributed by atoms with E-state index < -0.39 is 0 Å². The van der Waals surface area contributed by atoms with Crippen molar-refractivity contribution in [1.82, 2.24) is 19.5 Å². The fourth-order valence-electron chi connectivity index (χ4n) is 3.22. The van der Waals surface area contributed by atoms with Crippen molar-refractivity contribution < 1.29 is 9.47 Å². The summed E-state index contributed by atoms with van der Waals surface area (Å²) in [5, 5.41) is 0. The highest BCUT2D eigenvalue weighted by atomic mass is 16.6. The first-order chi connectivity index (χ1) is 12.9. The maximum absolute atomic E-state index is 6.12. The number of hydrogen-bond donors (Lipinski definition) is 0. The van der Waals surface area contributed by atoms with E-state index >= 15 is 0 Å². The molecule has 4 aromatic rings. The lowest BCUT2D eigenvalue weighted by atomic mass is 10.1. The first kappa shape index (κ1) is 15.0. The third-order valence-electron chi connectivity index (χ3n) is 4.51. The van der Waals surface area contributed by atoms with E-state index in [2.05, 4.69) is 15.0 Å². The van der Waals surface area contributed by atoms with Gasteiger partial charge in [-0.3, -0.25) is 4.57 Å². The number of para-hydroxylation sites is 1. The second-order valence-corrected chi connectivity index (χ2v) is 6.10. The standard InChI is InChI=1S/C20H16N4O2/c1-2-6-14(7-3-1)18-19-20(22-12-21-18)23-13-24(19)17-11-25-16-9-5-4-8-15(16)10-26-17/h1-9,12-13,17H,10-11H2. The lowest BCUT2D eigenvalue weighted by molar-refractivity contribution is -0.0233. The summed E-state index contributed by atoms with van der Waals surface area (Å²) >= 11 is 0. The molecule has 3 heterocycles. The molecule has 5 rings (SSSR count). The third kappa shape index (κ3) is 2.51. The molecule has 26 heavy (non-hydrogen) atoms. The summed E-state index contributed by atoms with van der Waals surface area (Å²) in [6.07, 6.45) is 2.99. The summed E-state index contributed by atoms with van der Waals surface area (Å²) < 4.78 is 14.0. The van der Waals surface area contributed by atoms with E-state index in [-0.39, 0.29) is 6.23 Å². The molecule has 2 aromatic heterocycles. The topological polar surface area (TPSA) is 62.1 Å². The fourth-order valence-corrected chi connectivity index (χ4v) is 3.22. The molecule has 0 spiro atoms. The molecule has 1 aliphatic rings. The first-order valence-corrected chi connectivity index (χ1v) is 8.45.